The summed E-state index contributed by atoms with van der Waals surface area (Å²) in [7, 11) is 0. The summed E-state index contributed by atoms with van der Waals surface area (Å²) < 4.78 is 27.7. The van der Waals surface area contributed by atoms with Crippen molar-refractivity contribution in [1.29, 1.82) is 0 Å². The lowest BCUT2D eigenvalue weighted by molar-refractivity contribution is -0.172. The van der Waals surface area contributed by atoms with E-state index in [1.54, 1.807) is 19.9 Å². The Morgan fingerprint density at radius 1 is 1.24 bits per heavy atom. The molecular weight excluding hydrogens is 585 g/mol. The number of esters is 1. The molecule has 2 amide bonds. The van der Waals surface area contributed by atoms with Gasteiger partial charge in [0.15, 0.2) is 5.60 Å². The van der Waals surface area contributed by atoms with Crippen LogP contribution in [0.1, 0.15) is 72.0 Å². The second-order valence-corrected chi connectivity index (χ2v) is 12.3. The highest BCUT2D eigenvalue weighted by Crippen LogP contribution is 2.46. The predicted molar refractivity (Wildman–Crippen MR) is 158 cm³/mol. The fourth-order valence-corrected chi connectivity index (χ4v) is 7.06. The first-order valence-electron chi connectivity index (χ1n) is 15.3. The minimum Gasteiger partial charge on any atom is -0.458 e. The van der Waals surface area contributed by atoms with Crippen molar-refractivity contribution in [2.75, 3.05) is 13.3 Å². The molecule has 0 bridgehead atoms. The third-order valence-electron chi connectivity index (χ3n) is 9.72. The number of nitrogens with two attached hydrogens (primary N) is 1. The van der Waals surface area contributed by atoms with Gasteiger partial charge in [-0.2, -0.15) is 0 Å². The van der Waals surface area contributed by atoms with E-state index in [9.17, 15) is 24.3 Å². The van der Waals surface area contributed by atoms with Gasteiger partial charge in [-0.3, -0.25) is 14.4 Å². The zero-order valence-corrected chi connectivity index (χ0v) is 25.0. The van der Waals surface area contributed by atoms with Crippen LogP contribution in [-0.4, -0.2) is 51.8 Å². The molecule has 13 heteroatoms. The zero-order valence-electron chi connectivity index (χ0n) is 25.0. The number of pyridine rings is 2. The Morgan fingerprint density at radius 2 is 2.02 bits per heavy atom. The molecule has 2 aliphatic heterocycles. The average Bonchev–Trinajstić information content (AvgIpc) is 3.80. The summed E-state index contributed by atoms with van der Waals surface area (Å²) in [5, 5.41) is 17.7. The third-order valence-corrected chi connectivity index (χ3v) is 9.72. The largest absolute Gasteiger partial charge is 0.458 e. The minimum absolute atomic E-state index is 0.00701. The monoisotopic (exact) mass is 619 g/mol. The number of amides is 2. The number of aromatic nitrogens is 2. The highest BCUT2D eigenvalue weighted by molar-refractivity contribution is 5.94. The van der Waals surface area contributed by atoms with E-state index in [2.05, 4.69) is 10.6 Å². The van der Waals surface area contributed by atoms with E-state index in [1.807, 2.05) is 0 Å². The van der Waals surface area contributed by atoms with Crippen LogP contribution in [0.2, 0.25) is 0 Å². The Labute approximate surface area is 257 Å². The normalized spacial score (nSPS) is 21.9. The predicted octanol–water partition coefficient (Wildman–Crippen LogP) is 1.46. The Bertz CT molecular complexity index is 1870. The van der Waals surface area contributed by atoms with Crippen molar-refractivity contribution in [1.82, 2.24) is 20.2 Å². The van der Waals surface area contributed by atoms with E-state index in [-0.39, 0.29) is 55.8 Å². The van der Waals surface area contributed by atoms with Crippen LogP contribution in [0.15, 0.2) is 16.9 Å². The molecule has 1 fully saturated rings. The summed E-state index contributed by atoms with van der Waals surface area (Å²) in [6.45, 7) is 2.91. The van der Waals surface area contributed by atoms with Crippen molar-refractivity contribution in [2.24, 2.45) is 11.7 Å². The van der Waals surface area contributed by atoms with Crippen molar-refractivity contribution in [3.63, 3.8) is 0 Å². The number of nitrogens with zero attached hydrogens (tertiary/aromatic N) is 2. The van der Waals surface area contributed by atoms with Crippen molar-refractivity contribution in [2.45, 2.75) is 76.9 Å². The minimum atomic E-state index is -1.98. The zero-order chi connectivity index (χ0) is 31.8. The van der Waals surface area contributed by atoms with Gasteiger partial charge in [0.1, 0.15) is 25.3 Å². The van der Waals surface area contributed by atoms with Gasteiger partial charge in [0.05, 0.1) is 41.6 Å². The first-order chi connectivity index (χ1) is 21.6. The quantitative estimate of drug-likeness (QED) is 0.168. The number of halogens is 1. The van der Waals surface area contributed by atoms with Gasteiger partial charge in [0, 0.05) is 22.6 Å². The average molecular weight is 620 g/mol. The van der Waals surface area contributed by atoms with Crippen LogP contribution in [0.25, 0.3) is 22.3 Å². The number of hydrogen-bond donors (Lipinski definition) is 4. The van der Waals surface area contributed by atoms with E-state index in [0.717, 1.165) is 29.4 Å². The fraction of sp³-hybridized carbons (Fsp3) is 0.469. The van der Waals surface area contributed by atoms with Crippen LogP contribution >= 0.6 is 0 Å². The number of nitrogens with one attached hydrogen (secondary N) is 2. The van der Waals surface area contributed by atoms with Crippen LogP contribution in [0, 0.1) is 18.7 Å². The van der Waals surface area contributed by atoms with Gasteiger partial charge in [-0.25, -0.2) is 14.2 Å². The summed E-state index contributed by atoms with van der Waals surface area (Å²) in [5.41, 5.74) is 7.38. The van der Waals surface area contributed by atoms with Crippen molar-refractivity contribution in [3.8, 4) is 11.4 Å². The molecule has 1 unspecified atom stereocenters. The van der Waals surface area contributed by atoms with Gasteiger partial charge >= 0.3 is 5.97 Å². The number of carbonyl (C=O) groups excluding carboxylic acids is 3. The van der Waals surface area contributed by atoms with Crippen LogP contribution < -0.4 is 21.9 Å². The van der Waals surface area contributed by atoms with Crippen molar-refractivity contribution >= 4 is 28.7 Å². The smallest absolute Gasteiger partial charge is 0.343 e. The third kappa shape index (κ3) is 4.55. The molecule has 236 valence electrons. The first-order valence-corrected chi connectivity index (χ1v) is 15.3. The van der Waals surface area contributed by atoms with Crippen molar-refractivity contribution < 1.29 is 33.4 Å². The number of aliphatic hydroxyl groups is 1. The van der Waals surface area contributed by atoms with Crippen LogP contribution in [0.5, 0.6) is 0 Å². The molecule has 1 aromatic carbocycles. The highest BCUT2D eigenvalue weighted by atomic mass is 19.1. The highest BCUT2D eigenvalue weighted by Gasteiger charge is 2.46. The molecule has 2 aromatic heterocycles. The van der Waals surface area contributed by atoms with Gasteiger partial charge in [0.25, 0.3) is 5.56 Å². The number of hydrogen-bond acceptors (Lipinski definition) is 9. The molecule has 4 aliphatic rings. The lowest BCUT2D eigenvalue weighted by Gasteiger charge is -2.31. The molecule has 0 saturated heterocycles. The van der Waals surface area contributed by atoms with Crippen LogP contribution in [0.3, 0.4) is 0 Å². The van der Waals surface area contributed by atoms with Crippen molar-refractivity contribution in [3.05, 3.63) is 61.7 Å². The molecule has 0 spiro atoms. The Hall–Kier alpha value is -4.20. The maximum atomic E-state index is 15.2. The molecule has 0 radical (unpaired) electrons. The first kappa shape index (κ1) is 29.5. The summed E-state index contributed by atoms with van der Waals surface area (Å²) in [4.78, 5) is 56.6. The van der Waals surface area contributed by atoms with E-state index in [4.69, 9.17) is 20.2 Å². The number of ether oxygens (including phenoxy) is 2. The van der Waals surface area contributed by atoms with E-state index >= 15 is 4.39 Å². The summed E-state index contributed by atoms with van der Waals surface area (Å²) in [6, 6.07) is 2.50. The number of rotatable bonds is 8. The van der Waals surface area contributed by atoms with Crippen LogP contribution in [-0.2, 0) is 49.0 Å². The number of cyclic esters (lactones) is 1. The molecule has 2 aliphatic carbocycles. The molecule has 1 saturated carbocycles. The van der Waals surface area contributed by atoms with Gasteiger partial charge in [0.2, 0.25) is 11.8 Å². The van der Waals surface area contributed by atoms with Crippen LogP contribution in [0.4, 0.5) is 4.39 Å². The number of carbonyl (C=O) groups is 3. The molecule has 3 aromatic rings. The number of fused-ring (bicyclic) bond motifs is 5. The molecular formula is C32H34FN5O7. The fourth-order valence-electron chi connectivity index (χ4n) is 7.06. The van der Waals surface area contributed by atoms with Gasteiger partial charge in [-0.05, 0) is 67.7 Å². The van der Waals surface area contributed by atoms with E-state index < -0.39 is 41.0 Å². The van der Waals surface area contributed by atoms with Gasteiger partial charge in [-0.1, -0.05) is 6.92 Å². The lowest BCUT2D eigenvalue weighted by atomic mass is 9.81. The Morgan fingerprint density at radius 3 is 2.73 bits per heavy atom. The SMILES string of the molecule is CC[C@@]1(O)C(=O)OCc2c1cc1n(c2=O)Cc2c-1nc1cc(F)c(C)c3c1c2[C@@H](NC(=O)C(OCNC(=O)CN)C1CC1)CC3. The van der Waals surface area contributed by atoms with Gasteiger partial charge in [-0.15, -0.1) is 0 Å². The molecule has 45 heavy (non-hydrogen) atoms. The number of benzene rings is 1. The molecule has 4 heterocycles. The second kappa shape index (κ2) is 10.7. The standard InChI is InChI=1S/C32H34FN5O7/c1-3-32(43)19-8-23-27-17(11-38(23)30(41)18(19)12-44-31(32)42)26-21(7-6-16-14(2)20(33)9-22(36-27)25(16)26)37-29(40)28(15-4-5-15)45-13-35-24(39)10-34/h8-9,15,21,28,43H,3-7,10-13,34H2,1-2H3,(H,35,39)(H,37,40)/t21-,28?,32-/m0/s1. The topological polar surface area (TPSA) is 175 Å². The summed E-state index contributed by atoms with van der Waals surface area (Å²) >= 11 is 0. The van der Waals surface area contributed by atoms with E-state index in [1.165, 1.54) is 10.6 Å². The molecule has 5 N–H and O–H groups in total. The molecule has 3 atom stereocenters. The Kier molecular flexibility index (Phi) is 7.02. The lowest BCUT2D eigenvalue weighted by Crippen LogP contribution is -2.44. The summed E-state index contributed by atoms with van der Waals surface area (Å²) in [5.74, 6) is -1.91. The molecule has 7 rings (SSSR count). The number of aryl methyl sites for hydroxylation is 1. The maximum absolute atomic E-state index is 15.2. The maximum Gasteiger partial charge on any atom is 0.343 e. The van der Waals surface area contributed by atoms with E-state index in [0.29, 0.717) is 40.9 Å². The van der Waals surface area contributed by atoms with Gasteiger partial charge < -0.3 is 35.5 Å². The Balaban J connectivity index is 1.34. The molecule has 12 nitrogen and oxygen atoms in total. The second-order valence-electron chi connectivity index (χ2n) is 12.3. The summed E-state index contributed by atoms with van der Waals surface area (Å²) in [6.07, 6.45) is 1.86.